The molecule has 5 aliphatic rings. The molecule has 19 heteroatoms. The van der Waals surface area contributed by atoms with E-state index in [0.717, 1.165) is 35.0 Å². The second-order valence-corrected chi connectivity index (χ2v) is 16.2. The Morgan fingerprint density at radius 1 is 0.902 bits per heavy atom. The Morgan fingerprint density at radius 2 is 1.74 bits per heavy atom. The number of ether oxygens (including phenoxy) is 1. The molecule has 0 spiro atoms. The smallest absolute Gasteiger partial charge is 0.245 e. The number of piperidine rings is 1. The van der Waals surface area contributed by atoms with Gasteiger partial charge >= 0.3 is 0 Å². The third-order valence-electron chi connectivity index (χ3n) is 12.5. The number of rotatable bonds is 5. The molecule has 1 aromatic carbocycles. The molecule has 11 heterocycles. The highest BCUT2D eigenvalue weighted by Gasteiger charge is 2.48. The van der Waals surface area contributed by atoms with E-state index in [-0.39, 0.29) is 35.8 Å². The van der Waals surface area contributed by atoms with Gasteiger partial charge < -0.3 is 34.2 Å². The van der Waals surface area contributed by atoms with Gasteiger partial charge in [-0.2, -0.15) is 15.1 Å². The molecular weight excluding hydrogens is 785 g/mol. The van der Waals surface area contributed by atoms with Gasteiger partial charge in [0.15, 0.2) is 11.5 Å². The number of hydrogen-bond acceptors (Lipinski definition) is 14. The number of nitrogens with zero attached hydrogens (tertiary/aromatic N) is 14. The zero-order valence-corrected chi connectivity index (χ0v) is 33.6. The monoisotopic (exact) mass is 825 g/mol. The fraction of sp³-hybridized carbons (Fsp3) is 0.357. The number of halogens is 2. The minimum Gasteiger partial charge on any atom is -0.378 e. The fourth-order valence-electron chi connectivity index (χ4n) is 9.58. The fourth-order valence-corrected chi connectivity index (χ4v) is 9.58. The van der Waals surface area contributed by atoms with E-state index in [1.165, 1.54) is 23.1 Å². The molecule has 0 saturated carbocycles. The molecule has 7 aromatic rings. The van der Waals surface area contributed by atoms with Crippen LogP contribution in [0.2, 0.25) is 0 Å². The molecule has 6 aromatic heterocycles. The Hall–Kier alpha value is -6.89. The van der Waals surface area contributed by atoms with Crippen LogP contribution in [0.1, 0.15) is 18.7 Å². The van der Waals surface area contributed by atoms with Crippen molar-refractivity contribution in [2.24, 2.45) is 0 Å². The SMILES string of the molecule is COC1CN(C)C(=O)[C@@H]2C[C@@H](CN2c2nc(N3C4CC3CN(c3cncnc3)C4)nc3c2cnn3-c2ccc(F)cc2F)Nc2cccc(n2)-c2nccc3nc(C)n(c23)C1. The van der Waals surface area contributed by atoms with Gasteiger partial charge in [-0.25, -0.2) is 33.4 Å². The topological polar surface area (TPSA) is 164 Å². The van der Waals surface area contributed by atoms with Gasteiger partial charge in [0, 0.05) is 58.6 Å². The Kier molecular flexibility index (Phi) is 8.76. The van der Waals surface area contributed by atoms with Crippen molar-refractivity contribution in [3.63, 3.8) is 0 Å². The quantitative estimate of drug-likeness (QED) is 0.265. The summed E-state index contributed by atoms with van der Waals surface area (Å²) in [7, 11) is 3.44. The number of likely N-dealkylation sites (N-methyl/N-ethyl adjacent to an activating group) is 1. The number of aryl methyl sites for hydroxylation is 1. The lowest BCUT2D eigenvalue weighted by molar-refractivity contribution is -0.132. The zero-order chi connectivity index (χ0) is 41.5. The molecule has 1 amide bonds. The number of methoxy groups -OCH3 is 1. The molecule has 4 saturated heterocycles. The Labute approximate surface area is 348 Å². The number of carbonyl (C=O) groups excluding carboxylic acids is 1. The molecule has 5 atom stereocenters. The molecule has 0 radical (unpaired) electrons. The summed E-state index contributed by atoms with van der Waals surface area (Å²) in [6, 6.07) is 10.3. The van der Waals surface area contributed by atoms with Crippen molar-refractivity contribution in [1.82, 2.24) is 54.1 Å². The summed E-state index contributed by atoms with van der Waals surface area (Å²) in [6.45, 7) is 4.44. The number of aromatic nitrogens is 10. The van der Waals surface area contributed by atoms with Crippen LogP contribution in [0.25, 0.3) is 39.1 Å². The molecule has 61 heavy (non-hydrogen) atoms. The first kappa shape index (κ1) is 37.1. The van der Waals surface area contributed by atoms with Crippen molar-refractivity contribution < 1.29 is 18.3 Å². The van der Waals surface area contributed by atoms with Gasteiger partial charge in [0.05, 0.1) is 71.1 Å². The van der Waals surface area contributed by atoms with Crippen molar-refractivity contribution in [2.75, 3.05) is 60.4 Å². The van der Waals surface area contributed by atoms with E-state index in [2.05, 4.69) is 34.8 Å². The summed E-state index contributed by atoms with van der Waals surface area (Å²) in [5, 5.41) is 8.75. The van der Waals surface area contributed by atoms with Crippen molar-refractivity contribution in [1.29, 1.82) is 0 Å². The summed E-state index contributed by atoms with van der Waals surface area (Å²) in [4.78, 5) is 56.5. The molecular formula is C42H41F2N15O2. The van der Waals surface area contributed by atoms with Crippen molar-refractivity contribution in [2.45, 2.75) is 56.6 Å². The minimum absolute atomic E-state index is 0.0406. The van der Waals surface area contributed by atoms with Crippen molar-refractivity contribution >= 4 is 51.2 Å². The van der Waals surface area contributed by atoms with Crippen LogP contribution in [0.4, 0.5) is 32.1 Å². The number of piperazine rings is 1. The van der Waals surface area contributed by atoms with E-state index in [1.54, 1.807) is 31.5 Å². The molecule has 0 aliphatic carbocycles. The van der Waals surface area contributed by atoms with Gasteiger partial charge in [-0.05, 0) is 50.1 Å². The second kappa shape index (κ2) is 14.4. The summed E-state index contributed by atoms with van der Waals surface area (Å²) < 4.78 is 39.2. The number of imidazole rings is 1. The third kappa shape index (κ3) is 6.24. The van der Waals surface area contributed by atoms with Crippen molar-refractivity contribution in [3.05, 3.63) is 91.0 Å². The third-order valence-corrected chi connectivity index (χ3v) is 12.5. The van der Waals surface area contributed by atoms with Crippen LogP contribution >= 0.6 is 0 Å². The number of pyridine rings is 2. The Balaban J connectivity index is 1.02. The molecule has 12 rings (SSSR count). The van der Waals surface area contributed by atoms with Gasteiger partial charge in [0.1, 0.15) is 47.0 Å². The standard InChI is InChI=1S/C42H41F2N15O2/c1-23-49-33-9-10-47-37-32-5-4-6-36(51-32)50-25-12-35(41(60)54(2)20-29(61-3)21-56(23)38(33)37)57(17-25)39-30-16-48-59(34-8-7-24(43)11-31(34)44)40(30)53-42(52-39)58-26-13-27(58)19-55(18-26)28-14-45-22-46-15-28/h4-11,14-16,22,25-27,29,35H,12-13,17-21H2,1-3H3,(H,50,51)/t25-,26?,27?,29?,35-/m0/s1. The number of hydrogen-bond donors (Lipinski definition) is 1. The van der Waals surface area contributed by atoms with Gasteiger partial charge in [-0.15, -0.1) is 0 Å². The minimum atomic E-state index is -0.784. The second-order valence-electron chi connectivity index (χ2n) is 16.2. The lowest BCUT2D eigenvalue weighted by Gasteiger charge is -2.56. The van der Waals surface area contributed by atoms with Crippen molar-refractivity contribution in [3.8, 4) is 17.1 Å². The lowest BCUT2D eigenvalue weighted by Crippen LogP contribution is -2.69. The molecule has 4 fully saturated rings. The maximum absolute atomic E-state index is 15.5. The van der Waals surface area contributed by atoms with Gasteiger partial charge in [0.2, 0.25) is 11.9 Å². The van der Waals surface area contributed by atoms with Gasteiger partial charge in [0.25, 0.3) is 0 Å². The van der Waals surface area contributed by atoms with E-state index in [1.807, 2.05) is 48.5 Å². The largest absolute Gasteiger partial charge is 0.378 e. The Bertz CT molecular complexity index is 2820. The van der Waals surface area contributed by atoms with Crippen LogP contribution in [0.3, 0.4) is 0 Å². The van der Waals surface area contributed by atoms with Crippen LogP contribution in [-0.2, 0) is 16.1 Å². The van der Waals surface area contributed by atoms with E-state index in [0.29, 0.717) is 79.1 Å². The molecule has 3 unspecified atom stereocenters. The average molecular weight is 826 g/mol. The maximum atomic E-state index is 15.5. The predicted octanol–water partition coefficient (Wildman–Crippen LogP) is 4.01. The summed E-state index contributed by atoms with van der Waals surface area (Å²) in [5.41, 5.74) is 4.34. The van der Waals surface area contributed by atoms with Crippen LogP contribution < -0.4 is 20.0 Å². The van der Waals surface area contributed by atoms with Gasteiger partial charge in [-0.3, -0.25) is 9.78 Å². The summed E-state index contributed by atoms with van der Waals surface area (Å²) in [6.07, 6.45) is 9.44. The normalized spacial score (nSPS) is 22.6. The predicted molar refractivity (Wildman–Crippen MR) is 223 cm³/mol. The average Bonchev–Trinajstić information content (AvgIpc) is 3.98. The van der Waals surface area contributed by atoms with E-state index in [9.17, 15) is 9.18 Å². The molecule has 1 N–H and O–H groups in total. The van der Waals surface area contributed by atoms with Crippen LogP contribution in [0.5, 0.6) is 0 Å². The number of amides is 1. The highest BCUT2D eigenvalue weighted by molar-refractivity contribution is 5.94. The number of fused-ring (bicyclic) bond motifs is 8. The van der Waals surface area contributed by atoms with Crippen LogP contribution in [-0.4, -0.2) is 131 Å². The van der Waals surface area contributed by atoms with Crippen LogP contribution in [0.15, 0.2) is 73.6 Å². The van der Waals surface area contributed by atoms with E-state index < -0.39 is 17.7 Å². The first-order valence-corrected chi connectivity index (χ1v) is 20.3. The Morgan fingerprint density at radius 3 is 2.54 bits per heavy atom. The first-order chi connectivity index (χ1) is 29.7. The first-order valence-electron chi connectivity index (χ1n) is 20.3. The number of nitrogens with one attached hydrogen (secondary N) is 1. The summed E-state index contributed by atoms with van der Waals surface area (Å²) >= 11 is 0. The molecule has 17 nitrogen and oxygen atoms in total. The number of anilines is 4. The lowest BCUT2D eigenvalue weighted by atomic mass is 9.87. The zero-order valence-electron chi connectivity index (χ0n) is 33.6. The highest BCUT2D eigenvalue weighted by Crippen LogP contribution is 2.41. The molecule has 6 bridgehead atoms. The highest BCUT2D eigenvalue weighted by atomic mass is 19.1. The summed E-state index contributed by atoms with van der Waals surface area (Å²) in [5.74, 6) is 0.748. The van der Waals surface area contributed by atoms with E-state index in [4.69, 9.17) is 29.7 Å². The van der Waals surface area contributed by atoms with E-state index >= 15 is 4.39 Å². The molecule has 5 aliphatic heterocycles. The van der Waals surface area contributed by atoms with Gasteiger partial charge in [-0.1, -0.05) is 6.07 Å². The maximum Gasteiger partial charge on any atom is 0.245 e. The molecule has 310 valence electrons. The number of carbonyl (C=O) groups is 1. The number of benzene rings is 1. The van der Waals surface area contributed by atoms with Crippen LogP contribution in [0, 0.1) is 18.6 Å².